The average molecular weight is 671 g/mol. The highest BCUT2D eigenvalue weighted by Crippen LogP contribution is 2.48. The van der Waals surface area contributed by atoms with Gasteiger partial charge in [-0.3, -0.25) is 19.3 Å². The highest BCUT2D eigenvalue weighted by Gasteiger charge is 2.46. The Morgan fingerprint density at radius 2 is 1.71 bits per heavy atom. The fourth-order valence-corrected chi connectivity index (χ4v) is 7.71. The summed E-state index contributed by atoms with van der Waals surface area (Å²) >= 11 is 1.13. The van der Waals surface area contributed by atoms with E-state index in [2.05, 4.69) is 20.5 Å². The van der Waals surface area contributed by atoms with Gasteiger partial charge < -0.3 is 35.3 Å². The van der Waals surface area contributed by atoms with E-state index in [9.17, 15) is 24.3 Å². The molecule has 6 rings (SSSR count). The SMILES string of the molecule is COc1ccc(CN2CCC3=C(SC(NC(=O)C(=O)O)C3C(=O)O)C2CNC(=O)c2cc3cc(OCc4ccccc4)ccc3[nH]2)cc1. The van der Waals surface area contributed by atoms with Gasteiger partial charge in [0.15, 0.2) is 0 Å². The number of carbonyl (C=O) groups excluding carboxylic acids is 2. The quantitative estimate of drug-likeness (QED) is 0.147. The fourth-order valence-electron chi connectivity index (χ4n) is 6.08. The molecule has 48 heavy (non-hydrogen) atoms. The Bertz CT molecular complexity index is 1870. The first-order valence-electron chi connectivity index (χ1n) is 15.3. The van der Waals surface area contributed by atoms with Gasteiger partial charge in [-0.2, -0.15) is 0 Å². The number of aromatic nitrogens is 1. The van der Waals surface area contributed by atoms with E-state index >= 15 is 0 Å². The molecule has 0 saturated heterocycles. The van der Waals surface area contributed by atoms with Crippen molar-refractivity contribution >= 4 is 46.4 Å². The van der Waals surface area contributed by atoms with E-state index in [1.54, 1.807) is 13.2 Å². The number of fused-ring (bicyclic) bond motifs is 1. The molecule has 3 heterocycles. The zero-order chi connectivity index (χ0) is 33.8. The highest BCUT2D eigenvalue weighted by molar-refractivity contribution is 8.04. The molecular formula is C35H34N4O8S. The van der Waals surface area contributed by atoms with E-state index in [1.165, 1.54) is 0 Å². The first-order chi connectivity index (χ1) is 23.2. The number of carbonyl (C=O) groups is 4. The minimum Gasteiger partial charge on any atom is -0.497 e. The van der Waals surface area contributed by atoms with Crippen molar-refractivity contribution in [1.82, 2.24) is 20.5 Å². The van der Waals surface area contributed by atoms with E-state index in [1.807, 2.05) is 72.8 Å². The Kier molecular flexibility index (Phi) is 9.69. The molecular weight excluding hydrogens is 636 g/mol. The molecule has 2 aliphatic heterocycles. The second-order valence-corrected chi connectivity index (χ2v) is 12.7. The van der Waals surface area contributed by atoms with Crippen LogP contribution in [0.15, 0.2) is 89.3 Å². The Hall–Kier alpha value is -5.27. The van der Waals surface area contributed by atoms with Crippen LogP contribution in [0.5, 0.6) is 11.5 Å². The lowest BCUT2D eigenvalue weighted by molar-refractivity contribution is -0.151. The third-order valence-electron chi connectivity index (χ3n) is 8.48. The molecule has 3 aromatic carbocycles. The summed E-state index contributed by atoms with van der Waals surface area (Å²) in [5.74, 6) is -4.17. The smallest absolute Gasteiger partial charge is 0.394 e. The number of rotatable bonds is 11. The molecule has 3 unspecified atom stereocenters. The van der Waals surface area contributed by atoms with Crippen LogP contribution in [0.25, 0.3) is 10.9 Å². The molecule has 0 saturated carbocycles. The van der Waals surface area contributed by atoms with Crippen molar-refractivity contribution in [2.24, 2.45) is 5.92 Å². The van der Waals surface area contributed by atoms with E-state index < -0.39 is 35.2 Å². The summed E-state index contributed by atoms with van der Waals surface area (Å²) < 4.78 is 11.2. The number of aliphatic carboxylic acids is 2. The molecule has 0 radical (unpaired) electrons. The number of nitrogens with one attached hydrogen (secondary N) is 3. The minimum absolute atomic E-state index is 0.146. The van der Waals surface area contributed by atoms with Crippen molar-refractivity contribution in [2.75, 3.05) is 20.2 Å². The van der Waals surface area contributed by atoms with Crippen molar-refractivity contribution in [1.29, 1.82) is 0 Å². The number of hydrogen-bond donors (Lipinski definition) is 5. The van der Waals surface area contributed by atoms with Gasteiger partial charge in [-0.05, 0) is 59.5 Å². The van der Waals surface area contributed by atoms with E-state index in [0.717, 1.165) is 33.8 Å². The van der Waals surface area contributed by atoms with Gasteiger partial charge in [0.2, 0.25) is 0 Å². The maximum atomic E-state index is 13.5. The van der Waals surface area contributed by atoms with Gasteiger partial charge in [0.1, 0.15) is 29.7 Å². The number of carboxylic acid groups (broad SMARTS) is 2. The summed E-state index contributed by atoms with van der Waals surface area (Å²) in [6, 6.07) is 24.3. The summed E-state index contributed by atoms with van der Waals surface area (Å²) in [7, 11) is 1.59. The molecule has 5 N–H and O–H groups in total. The zero-order valence-corrected chi connectivity index (χ0v) is 26.8. The number of carboxylic acids is 2. The molecule has 3 atom stereocenters. The van der Waals surface area contributed by atoms with Gasteiger partial charge in [-0.15, -0.1) is 11.8 Å². The third-order valence-corrected chi connectivity index (χ3v) is 9.91. The second kappa shape index (κ2) is 14.2. The number of hydrogen-bond acceptors (Lipinski definition) is 8. The molecule has 248 valence electrons. The molecule has 13 heteroatoms. The van der Waals surface area contributed by atoms with Crippen molar-refractivity contribution in [3.63, 3.8) is 0 Å². The van der Waals surface area contributed by atoms with Gasteiger partial charge in [0, 0.05) is 35.4 Å². The molecule has 2 aliphatic rings. The van der Waals surface area contributed by atoms with Crippen LogP contribution in [0.3, 0.4) is 0 Å². The van der Waals surface area contributed by atoms with Crippen molar-refractivity contribution < 1.29 is 38.9 Å². The minimum atomic E-state index is -1.69. The second-order valence-electron chi connectivity index (χ2n) is 11.5. The molecule has 0 aliphatic carbocycles. The standard InChI is InChI=1S/C35H34N4O8S/c1-46-23-9-7-20(8-10-23)18-39-14-13-25-29(34(42)43)33(38-32(41)35(44)45)48-30(25)28(39)17-36-31(40)27-16-22-15-24(11-12-26(22)37-27)47-19-21-5-3-2-4-6-21/h2-12,15-16,28-29,33,37H,13-14,17-19H2,1H3,(H,36,40)(H,38,41)(H,42,43)(H,44,45). The first kappa shape index (κ1) is 32.7. The van der Waals surface area contributed by atoms with Crippen LogP contribution >= 0.6 is 11.8 Å². The Morgan fingerprint density at radius 3 is 2.42 bits per heavy atom. The average Bonchev–Trinajstić information content (AvgIpc) is 3.68. The number of amides is 2. The number of nitrogens with zero attached hydrogens (tertiary/aromatic N) is 1. The van der Waals surface area contributed by atoms with Crippen LogP contribution in [0.2, 0.25) is 0 Å². The van der Waals surface area contributed by atoms with Crippen LogP contribution in [0.4, 0.5) is 0 Å². The van der Waals surface area contributed by atoms with Crippen LogP contribution in [0, 0.1) is 5.92 Å². The topological polar surface area (TPSA) is 170 Å². The van der Waals surface area contributed by atoms with Gasteiger partial charge in [0.05, 0.1) is 18.5 Å². The van der Waals surface area contributed by atoms with Crippen LogP contribution in [0.1, 0.15) is 28.0 Å². The molecule has 0 fully saturated rings. The van der Waals surface area contributed by atoms with Crippen LogP contribution in [-0.4, -0.2) is 75.5 Å². The summed E-state index contributed by atoms with van der Waals surface area (Å²) in [6.45, 7) is 1.56. The number of thioether (sulfide) groups is 1. The van der Waals surface area contributed by atoms with E-state index in [-0.39, 0.29) is 12.5 Å². The van der Waals surface area contributed by atoms with Crippen LogP contribution in [-0.2, 0) is 27.5 Å². The number of ether oxygens (including phenoxy) is 2. The molecule has 0 spiro atoms. The van der Waals surface area contributed by atoms with Crippen molar-refractivity contribution in [3.05, 3.63) is 106 Å². The zero-order valence-electron chi connectivity index (χ0n) is 26.0. The number of H-pyrrole nitrogens is 1. The monoisotopic (exact) mass is 670 g/mol. The molecule has 1 aromatic heterocycles. The Balaban J connectivity index is 1.21. The van der Waals surface area contributed by atoms with Gasteiger partial charge in [-0.25, -0.2) is 4.79 Å². The maximum Gasteiger partial charge on any atom is 0.394 e. The van der Waals surface area contributed by atoms with Crippen molar-refractivity contribution in [3.8, 4) is 11.5 Å². The predicted molar refractivity (Wildman–Crippen MR) is 179 cm³/mol. The lowest BCUT2D eigenvalue weighted by Gasteiger charge is -2.37. The van der Waals surface area contributed by atoms with Gasteiger partial charge in [-0.1, -0.05) is 42.5 Å². The summed E-state index contributed by atoms with van der Waals surface area (Å²) in [4.78, 5) is 55.2. The van der Waals surface area contributed by atoms with Crippen molar-refractivity contribution in [2.45, 2.75) is 31.0 Å². The lowest BCUT2D eigenvalue weighted by Crippen LogP contribution is -2.47. The summed E-state index contributed by atoms with van der Waals surface area (Å²) in [5.41, 5.74) is 3.78. The normalized spacial score (nSPS) is 19.1. The fraction of sp³-hybridized carbons (Fsp3) is 0.257. The van der Waals surface area contributed by atoms with E-state index in [4.69, 9.17) is 14.6 Å². The Labute approximate surface area is 280 Å². The first-order valence-corrected chi connectivity index (χ1v) is 16.2. The largest absolute Gasteiger partial charge is 0.497 e. The highest BCUT2D eigenvalue weighted by atomic mass is 32.2. The molecule has 4 aromatic rings. The van der Waals surface area contributed by atoms with E-state index in [0.29, 0.717) is 53.8 Å². The maximum absolute atomic E-state index is 13.5. The Morgan fingerprint density at radius 1 is 0.958 bits per heavy atom. The number of methoxy groups -OCH3 is 1. The summed E-state index contributed by atoms with van der Waals surface area (Å²) in [6.07, 6.45) is 0.413. The van der Waals surface area contributed by atoms with Crippen LogP contribution < -0.4 is 20.1 Å². The number of benzene rings is 3. The summed E-state index contributed by atoms with van der Waals surface area (Å²) in [5, 5.41) is 24.4. The van der Waals surface area contributed by atoms with Gasteiger partial charge >= 0.3 is 17.8 Å². The molecule has 2 amide bonds. The molecule has 0 bridgehead atoms. The molecule has 12 nitrogen and oxygen atoms in total. The number of aromatic amines is 1. The third kappa shape index (κ3) is 7.16. The lowest BCUT2D eigenvalue weighted by atomic mass is 9.90. The predicted octanol–water partition coefficient (Wildman–Crippen LogP) is 3.99. The van der Waals surface area contributed by atoms with Gasteiger partial charge in [0.25, 0.3) is 5.91 Å².